The fourth-order valence-electron chi connectivity index (χ4n) is 1.67. The summed E-state index contributed by atoms with van der Waals surface area (Å²) in [7, 11) is 0. The van der Waals surface area contributed by atoms with E-state index in [-0.39, 0.29) is 5.28 Å². The fourth-order valence-corrected chi connectivity index (χ4v) is 1.83. The second-order valence-electron chi connectivity index (χ2n) is 4.21. The molecule has 2 rings (SSSR count). The van der Waals surface area contributed by atoms with Gasteiger partial charge >= 0.3 is 0 Å². The largest absolute Gasteiger partial charge is 0.388 e. The van der Waals surface area contributed by atoms with E-state index < -0.39 is 5.60 Å². The van der Waals surface area contributed by atoms with Gasteiger partial charge in [0.15, 0.2) is 0 Å². The lowest BCUT2D eigenvalue weighted by molar-refractivity contribution is -0.0203. The predicted octanol–water partition coefficient (Wildman–Crippen LogP) is 1.28. The van der Waals surface area contributed by atoms with Crippen LogP contribution in [0.15, 0.2) is 0 Å². The lowest BCUT2D eigenvalue weighted by Crippen LogP contribution is -2.43. The smallest absolute Gasteiger partial charge is 0.228 e. The summed E-state index contributed by atoms with van der Waals surface area (Å²) in [6, 6.07) is 0. The Bertz CT molecular complexity index is 396. The SMILES string of the molecule is CCNc1nc(Cl)nc(NCC2(O)CCC2)n1. The number of hydrogen-bond donors (Lipinski definition) is 3. The van der Waals surface area contributed by atoms with Gasteiger partial charge in [0.2, 0.25) is 17.2 Å². The molecule has 0 atom stereocenters. The zero-order valence-corrected chi connectivity index (χ0v) is 10.5. The molecule has 0 spiro atoms. The summed E-state index contributed by atoms with van der Waals surface area (Å²) in [6.07, 6.45) is 2.70. The maximum Gasteiger partial charge on any atom is 0.228 e. The van der Waals surface area contributed by atoms with E-state index in [1.54, 1.807) is 0 Å². The zero-order chi connectivity index (χ0) is 12.3. The monoisotopic (exact) mass is 257 g/mol. The van der Waals surface area contributed by atoms with Crippen LogP contribution in [0.25, 0.3) is 0 Å². The van der Waals surface area contributed by atoms with Gasteiger partial charge in [-0.2, -0.15) is 15.0 Å². The van der Waals surface area contributed by atoms with Crippen molar-refractivity contribution in [3.05, 3.63) is 5.28 Å². The molecular formula is C10H16ClN5O. The summed E-state index contributed by atoms with van der Waals surface area (Å²) in [4.78, 5) is 12.0. The average Bonchev–Trinajstić information content (AvgIpc) is 2.23. The fraction of sp³-hybridized carbons (Fsp3) is 0.700. The van der Waals surface area contributed by atoms with Gasteiger partial charge in [0.25, 0.3) is 0 Å². The molecule has 0 radical (unpaired) electrons. The average molecular weight is 258 g/mol. The van der Waals surface area contributed by atoms with Crippen molar-refractivity contribution in [2.24, 2.45) is 0 Å². The van der Waals surface area contributed by atoms with Crippen molar-refractivity contribution in [2.45, 2.75) is 31.8 Å². The van der Waals surface area contributed by atoms with E-state index in [0.29, 0.717) is 25.0 Å². The lowest BCUT2D eigenvalue weighted by Gasteiger charge is -2.36. The number of rotatable bonds is 5. The molecule has 0 unspecified atom stereocenters. The van der Waals surface area contributed by atoms with Crippen molar-refractivity contribution in [1.29, 1.82) is 0 Å². The van der Waals surface area contributed by atoms with Crippen LogP contribution in [-0.2, 0) is 0 Å². The van der Waals surface area contributed by atoms with Gasteiger partial charge in [-0.25, -0.2) is 0 Å². The molecule has 3 N–H and O–H groups in total. The standard InChI is InChI=1S/C10H16ClN5O/c1-2-12-8-14-7(11)15-9(16-8)13-6-10(17)4-3-5-10/h17H,2-6H2,1H3,(H2,12,13,14,15,16). The number of halogens is 1. The van der Waals surface area contributed by atoms with Crippen molar-refractivity contribution in [3.8, 4) is 0 Å². The number of anilines is 2. The lowest BCUT2D eigenvalue weighted by atomic mass is 9.80. The van der Waals surface area contributed by atoms with Crippen molar-refractivity contribution < 1.29 is 5.11 Å². The first-order valence-corrected chi connectivity index (χ1v) is 6.11. The van der Waals surface area contributed by atoms with Gasteiger partial charge in [0, 0.05) is 13.1 Å². The second-order valence-corrected chi connectivity index (χ2v) is 4.55. The van der Waals surface area contributed by atoms with Crippen LogP contribution in [0.5, 0.6) is 0 Å². The van der Waals surface area contributed by atoms with E-state index in [2.05, 4.69) is 25.6 Å². The summed E-state index contributed by atoms with van der Waals surface area (Å²) in [5.41, 5.74) is -0.614. The summed E-state index contributed by atoms with van der Waals surface area (Å²) in [6.45, 7) is 3.10. The highest BCUT2D eigenvalue weighted by Crippen LogP contribution is 2.31. The Morgan fingerprint density at radius 2 is 1.88 bits per heavy atom. The summed E-state index contributed by atoms with van der Waals surface area (Å²) >= 11 is 5.78. The molecule has 0 amide bonds. The third kappa shape index (κ3) is 3.17. The molecule has 0 aliphatic heterocycles. The highest BCUT2D eigenvalue weighted by molar-refractivity contribution is 6.28. The topological polar surface area (TPSA) is 83.0 Å². The Hall–Kier alpha value is -1.14. The van der Waals surface area contributed by atoms with Crippen LogP contribution >= 0.6 is 11.6 Å². The van der Waals surface area contributed by atoms with Crippen LogP contribution in [0.4, 0.5) is 11.9 Å². The molecule has 0 bridgehead atoms. The Morgan fingerprint density at radius 1 is 1.24 bits per heavy atom. The molecule has 1 aliphatic rings. The molecule has 0 saturated heterocycles. The van der Waals surface area contributed by atoms with Crippen LogP contribution in [0.3, 0.4) is 0 Å². The number of hydrogen-bond acceptors (Lipinski definition) is 6. The molecule has 6 nitrogen and oxygen atoms in total. The maximum absolute atomic E-state index is 9.93. The van der Waals surface area contributed by atoms with Crippen molar-refractivity contribution in [1.82, 2.24) is 15.0 Å². The number of nitrogens with one attached hydrogen (secondary N) is 2. The third-order valence-corrected chi connectivity index (χ3v) is 2.97. The van der Waals surface area contributed by atoms with E-state index in [4.69, 9.17) is 11.6 Å². The van der Waals surface area contributed by atoms with E-state index in [1.165, 1.54) is 0 Å². The van der Waals surface area contributed by atoms with Crippen LogP contribution in [0.1, 0.15) is 26.2 Å². The maximum atomic E-state index is 9.93. The Labute approximate surface area is 105 Å². The van der Waals surface area contributed by atoms with E-state index in [1.807, 2.05) is 6.92 Å². The summed E-state index contributed by atoms with van der Waals surface area (Å²) in [5, 5.41) is 16.0. The number of aromatic nitrogens is 3. The first kappa shape index (κ1) is 12.3. The van der Waals surface area contributed by atoms with Crippen LogP contribution in [0.2, 0.25) is 5.28 Å². The van der Waals surface area contributed by atoms with E-state index in [9.17, 15) is 5.11 Å². The summed E-state index contributed by atoms with van der Waals surface area (Å²) in [5.74, 6) is 0.830. The van der Waals surface area contributed by atoms with E-state index in [0.717, 1.165) is 19.3 Å². The minimum absolute atomic E-state index is 0.138. The minimum atomic E-state index is -0.614. The first-order valence-electron chi connectivity index (χ1n) is 5.73. The highest BCUT2D eigenvalue weighted by atomic mass is 35.5. The Morgan fingerprint density at radius 3 is 2.41 bits per heavy atom. The third-order valence-electron chi connectivity index (χ3n) is 2.80. The minimum Gasteiger partial charge on any atom is -0.388 e. The van der Waals surface area contributed by atoms with Crippen LogP contribution in [-0.4, -0.2) is 38.7 Å². The van der Waals surface area contributed by atoms with Gasteiger partial charge in [-0.05, 0) is 37.8 Å². The Kier molecular flexibility index (Phi) is 3.63. The van der Waals surface area contributed by atoms with Gasteiger partial charge in [-0.3, -0.25) is 0 Å². The molecular weight excluding hydrogens is 242 g/mol. The zero-order valence-electron chi connectivity index (χ0n) is 9.70. The van der Waals surface area contributed by atoms with E-state index >= 15 is 0 Å². The van der Waals surface area contributed by atoms with Gasteiger partial charge < -0.3 is 15.7 Å². The molecule has 1 aromatic rings. The molecule has 1 aliphatic carbocycles. The molecule has 0 aromatic carbocycles. The van der Waals surface area contributed by atoms with Crippen molar-refractivity contribution in [2.75, 3.05) is 23.7 Å². The number of nitrogens with zero attached hydrogens (tertiary/aromatic N) is 3. The second kappa shape index (κ2) is 5.01. The van der Waals surface area contributed by atoms with Crippen molar-refractivity contribution in [3.63, 3.8) is 0 Å². The normalized spacial score (nSPS) is 17.4. The van der Waals surface area contributed by atoms with Gasteiger partial charge in [0.05, 0.1) is 5.60 Å². The van der Waals surface area contributed by atoms with Crippen molar-refractivity contribution >= 4 is 23.5 Å². The van der Waals surface area contributed by atoms with Crippen LogP contribution < -0.4 is 10.6 Å². The number of aliphatic hydroxyl groups is 1. The van der Waals surface area contributed by atoms with Gasteiger partial charge in [-0.15, -0.1) is 0 Å². The van der Waals surface area contributed by atoms with Gasteiger partial charge in [-0.1, -0.05) is 0 Å². The summed E-state index contributed by atoms with van der Waals surface area (Å²) < 4.78 is 0. The molecule has 7 heteroatoms. The predicted molar refractivity (Wildman–Crippen MR) is 66.3 cm³/mol. The molecule has 17 heavy (non-hydrogen) atoms. The molecule has 1 fully saturated rings. The molecule has 1 saturated carbocycles. The highest BCUT2D eigenvalue weighted by Gasteiger charge is 2.34. The quantitative estimate of drug-likeness (QED) is 0.737. The molecule has 1 heterocycles. The molecule has 1 aromatic heterocycles. The van der Waals surface area contributed by atoms with Crippen LogP contribution in [0, 0.1) is 0 Å². The molecule has 94 valence electrons. The first-order chi connectivity index (χ1) is 8.11. The Balaban J connectivity index is 1.99. The van der Waals surface area contributed by atoms with Gasteiger partial charge in [0.1, 0.15) is 0 Å².